The first kappa shape index (κ1) is 30.8. The minimum atomic E-state index is -0.933. The number of nitrogens with zero attached hydrogens (tertiary/aromatic N) is 1. The molecule has 0 saturated carbocycles. The predicted molar refractivity (Wildman–Crippen MR) is 180 cm³/mol. The van der Waals surface area contributed by atoms with Crippen molar-refractivity contribution in [2.75, 3.05) is 0 Å². The Morgan fingerprint density at radius 1 is 0.841 bits per heavy atom. The van der Waals surface area contributed by atoms with E-state index < -0.39 is 5.97 Å². The molecule has 0 aliphatic rings. The summed E-state index contributed by atoms with van der Waals surface area (Å²) < 4.78 is 2.28. The third-order valence-electron chi connectivity index (χ3n) is 8.72. The molecule has 1 amide bonds. The second-order valence-corrected chi connectivity index (χ2v) is 13.2. The molecule has 2 N–H and O–H groups in total. The number of amides is 1. The molecule has 5 heteroatoms. The summed E-state index contributed by atoms with van der Waals surface area (Å²) in [5.74, 6) is -0.601. The Bertz CT molecular complexity index is 1840. The minimum Gasteiger partial charge on any atom is -0.478 e. The summed E-state index contributed by atoms with van der Waals surface area (Å²) in [5.41, 5.74) is 9.22. The molecule has 1 atom stereocenters. The summed E-state index contributed by atoms with van der Waals surface area (Å²) >= 11 is 0. The quantitative estimate of drug-likeness (QED) is 0.190. The third kappa shape index (κ3) is 6.19. The van der Waals surface area contributed by atoms with Gasteiger partial charge in [0, 0.05) is 28.7 Å². The van der Waals surface area contributed by atoms with Crippen molar-refractivity contribution in [2.24, 2.45) is 5.41 Å². The molecule has 0 spiro atoms. The van der Waals surface area contributed by atoms with Crippen LogP contribution in [0.2, 0.25) is 0 Å². The summed E-state index contributed by atoms with van der Waals surface area (Å²) in [6.45, 7) is 15.7. The van der Waals surface area contributed by atoms with Gasteiger partial charge in [0.2, 0.25) is 0 Å². The van der Waals surface area contributed by atoms with E-state index in [1.165, 1.54) is 5.56 Å². The van der Waals surface area contributed by atoms with Crippen molar-refractivity contribution in [2.45, 2.75) is 67.0 Å². The van der Waals surface area contributed by atoms with Gasteiger partial charge in [-0.05, 0) is 82.8 Å². The van der Waals surface area contributed by atoms with Crippen molar-refractivity contribution in [3.63, 3.8) is 0 Å². The molecule has 0 radical (unpaired) electrons. The van der Waals surface area contributed by atoms with Gasteiger partial charge in [0.1, 0.15) is 0 Å². The van der Waals surface area contributed by atoms with E-state index in [0.29, 0.717) is 29.2 Å². The van der Waals surface area contributed by atoms with E-state index in [4.69, 9.17) is 0 Å². The molecule has 5 rings (SSSR count). The predicted octanol–water partition coefficient (Wildman–Crippen LogP) is 9.31. The average molecular weight is 587 g/mol. The van der Waals surface area contributed by atoms with E-state index in [0.717, 1.165) is 38.9 Å². The molecule has 0 aliphatic heterocycles. The lowest BCUT2D eigenvalue weighted by atomic mass is 9.81. The zero-order valence-electron chi connectivity index (χ0n) is 26.7. The van der Waals surface area contributed by atoms with Gasteiger partial charge in [0.15, 0.2) is 0 Å². The number of carbonyl (C=O) groups excluding carboxylic acids is 1. The van der Waals surface area contributed by atoms with Gasteiger partial charge >= 0.3 is 5.97 Å². The molecule has 0 saturated heterocycles. The molecule has 0 aliphatic carbocycles. The highest BCUT2D eigenvalue weighted by Crippen LogP contribution is 2.35. The number of benzene rings is 4. The molecular weight excluding hydrogens is 544 g/mol. The van der Waals surface area contributed by atoms with Crippen LogP contribution in [0.4, 0.5) is 0 Å². The number of carbonyl (C=O) groups is 2. The van der Waals surface area contributed by atoms with Crippen LogP contribution in [-0.4, -0.2) is 21.6 Å². The first-order valence-corrected chi connectivity index (χ1v) is 15.3. The number of carboxylic acids is 1. The number of carboxylic acid groups (broad SMARTS) is 1. The Hall–Kier alpha value is -4.64. The highest BCUT2D eigenvalue weighted by molar-refractivity contribution is 5.99. The maximum Gasteiger partial charge on any atom is 0.336 e. The molecule has 1 heterocycles. The number of aryl methyl sites for hydroxylation is 1. The Balaban J connectivity index is 1.41. The maximum atomic E-state index is 13.7. The van der Waals surface area contributed by atoms with E-state index in [2.05, 4.69) is 94.7 Å². The van der Waals surface area contributed by atoms with Crippen LogP contribution >= 0.6 is 0 Å². The highest BCUT2D eigenvalue weighted by atomic mass is 16.4. The normalized spacial score (nSPS) is 12.5. The van der Waals surface area contributed by atoms with Crippen LogP contribution in [0.25, 0.3) is 22.0 Å². The van der Waals surface area contributed by atoms with Crippen molar-refractivity contribution in [1.29, 1.82) is 0 Å². The smallest absolute Gasteiger partial charge is 0.336 e. The zero-order valence-corrected chi connectivity index (χ0v) is 26.7. The van der Waals surface area contributed by atoms with Crippen LogP contribution in [-0.2, 0) is 6.54 Å². The van der Waals surface area contributed by atoms with Crippen LogP contribution < -0.4 is 5.32 Å². The van der Waals surface area contributed by atoms with Gasteiger partial charge < -0.3 is 15.0 Å². The Morgan fingerprint density at radius 3 is 2.18 bits per heavy atom. The first-order valence-electron chi connectivity index (χ1n) is 15.3. The van der Waals surface area contributed by atoms with Crippen molar-refractivity contribution in [3.05, 3.63) is 130 Å². The van der Waals surface area contributed by atoms with Crippen LogP contribution in [0.1, 0.15) is 95.2 Å². The van der Waals surface area contributed by atoms with Gasteiger partial charge in [0.25, 0.3) is 5.91 Å². The summed E-state index contributed by atoms with van der Waals surface area (Å²) in [7, 11) is 0. The van der Waals surface area contributed by atoms with E-state index in [1.807, 2.05) is 42.5 Å². The lowest BCUT2D eigenvalue weighted by Gasteiger charge is -2.32. The molecule has 5 aromatic rings. The lowest BCUT2D eigenvalue weighted by Crippen LogP contribution is -2.36. The van der Waals surface area contributed by atoms with Gasteiger partial charge in [0.05, 0.1) is 11.6 Å². The molecule has 1 aromatic heterocycles. The second-order valence-electron chi connectivity index (χ2n) is 13.2. The van der Waals surface area contributed by atoms with Crippen LogP contribution in [0.15, 0.2) is 91.0 Å². The molecular formula is C39H42N2O3. The fourth-order valence-corrected chi connectivity index (χ4v) is 6.00. The van der Waals surface area contributed by atoms with E-state index in [1.54, 1.807) is 12.1 Å². The van der Waals surface area contributed by atoms with Gasteiger partial charge in [-0.1, -0.05) is 101 Å². The minimum absolute atomic E-state index is 0.0798. The van der Waals surface area contributed by atoms with Crippen molar-refractivity contribution >= 4 is 22.8 Å². The number of aromatic carboxylic acids is 1. The Morgan fingerprint density at radius 2 is 1.52 bits per heavy atom. The Labute approximate surface area is 260 Å². The molecule has 0 fully saturated rings. The standard InChI is InChI=1S/C39H42N2O3/c1-24(2)29-11-10-12-30(21-29)36(39(5,6)7)40-37(42)31-19-20-35-34(22-31)25(3)26(4)41(35)23-27-15-17-28(18-16-27)32-13-8-9-14-33(32)38(43)44/h8-22,24,36H,23H2,1-7H3,(H,40,42)(H,43,44)/t36-/m0/s1. The fourth-order valence-electron chi connectivity index (χ4n) is 6.00. The van der Waals surface area contributed by atoms with Gasteiger partial charge in [-0.15, -0.1) is 0 Å². The van der Waals surface area contributed by atoms with Crippen LogP contribution in [0.3, 0.4) is 0 Å². The van der Waals surface area contributed by atoms with Crippen LogP contribution in [0, 0.1) is 19.3 Å². The molecule has 0 bridgehead atoms. The fraction of sp³-hybridized carbons (Fsp3) is 0.282. The maximum absolute atomic E-state index is 13.7. The largest absolute Gasteiger partial charge is 0.478 e. The second kappa shape index (κ2) is 12.2. The molecule has 4 aromatic carbocycles. The van der Waals surface area contributed by atoms with Crippen LogP contribution in [0.5, 0.6) is 0 Å². The van der Waals surface area contributed by atoms with E-state index >= 15 is 0 Å². The number of fused-ring (bicyclic) bond motifs is 1. The highest BCUT2D eigenvalue weighted by Gasteiger charge is 2.29. The number of hydrogen-bond acceptors (Lipinski definition) is 2. The van der Waals surface area contributed by atoms with Crippen molar-refractivity contribution in [3.8, 4) is 11.1 Å². The van der Waals surface area contributed by atoms with Gasteiger partial charge in [-0.3, -0.25) is 4.79 Å². The summed E-state index contributed by atoms with van der Waals surface area (Å²) in [6.07, 6.45) is 0. The van der Waals surface area contributed by atoms with Gasteiger partial charge in [-0.2, -0.15) is 0 Å². The number of hydrogen-bond donors (Lipinski definition) is 2. The first-order chi connectivity index (χ1) is 20.8. The molecule has 44 heavy (non-hydrogen) atoms. The topological polar surface area (TPSA) is 71.3 Å². The monoisotopic (exact) mass is 586 g/mol. The molecule has 226 valence electrons. The average Bonchev–Trinajstić information content (AvgIpc) is 3.23. The molecule has 0 unspecified atom stereocenters. The number of nitrogens with one attached hydrogen (secondary N) is 1. The lowest BCUT2D eigenvalue weighted by molar-refractivity contribution is 0.0697. The SMILES string of the molecule is Cc1c(C)n(Cc2ccc(-c3ccccc3C(=O)O)cc2)c2ccc(C(=O)N[C@@H](c3cccc(C(C)C)c3)C(C)(C)C)cc12. The van der Waals surface area contributed by atoms with Crippen molar-refractivity contribution in [1.82, 2.24) is 9.88 Å². The van der Waals surface area contributed by atoms with Crippen molar-refractivity contribution < 1.29 is 14.7 Å². The summed E-state index contributed by atoms with van der Waals surface area (Å²) in [5, 5.41) is 14.0. The summed E-state index contributed by atoms with van der Waals surface area (Å²) in [6, 6.07) is 29.5. The number of aromatic nitrogens is 1. The number of rotatable bonds is 8. The van der Waals surface area contributed by atoms with E-state index in [-0.39, 0.29) is 17.4 Å². The third-order valence-corrected chi connectivity index (χ3v) is 8.72. The zero-order chi connectivity index (χ0) is 31.8. The molecule has 5 nitrogen and oxygen atoms in total. The summed E-state index contributed by atoms with van der Waals surface area (Å²) in [4.78, 5) is 25.4. The van der Waals surface area contributed by atoms with Gasteiger partial charge in [-0.25, -0.2) is 4.79 Å². The van der Waals surface area contributed by atoms with E-state index in [9.17, 15) is 14.7 Å². The Kier molecular flexibility index (Phi) is 8.51.